The Morgan fingerprint density at radius 3 is 1.60 bits per heavy atom. The van der Waals surface area contributed by atoms with Crippen LogP contribution in [0.25, 0.3) is 100 Å². The van der Waals surface area contributed by atoms with Gasteiger partial charge in [0.1, 0.15) is 22.3 Å². The molecule has 0 atom stereocenters. The van der Waals surface area contributed by atoms with Crippen molar-refractivity contribution in [3.63, 3.8) is 0 Å². The molecule has 5 heteroatoms. The van der Waals surface area contributed by atoms with Crippen LogP contribution in [0.1, 0.15) is 0 Å². The molecule has 0 spiro atoms. The van der Waals surface area contributed by atoms with Crippen molar-refractivity contribution in [1.29, 1.82) is 0 Å². The van der Waals surface area contributed by atoms with E-state index < -0.39 is 0 Å². The summed E-state index contributed by atoms with van der Waals surface area (Å²) in [7, 11) is 0. The molecule has 5 nitrogen and oxygen atoms in total. The second-order valence-electron chi connectivity index (χ2n) is 12.4. The van der Waals surface area contributed by atoms with Crippen LogP contribution >= 0.6 is 0 Å². The molecular formula is C45H27N3O2. The Balaban J connectivity index is 1.13. The number of benzene rings is 7. The van der Waals surface area contributed by atoms with Gasteiger partial charge in [-0.25, -0.2) is 15.0 Å². The molecule has 0 amide bonds. The second kappa shape index (κ2) is 11.4. The first-order valence-corrected chi connectivity index (χ1v) is 16.6. The number of hydrogen-bond acceptors (Lipinski definition) is 5. The highest BCUT2D eigenvalue weighted by atomic mass is 16.3. The van der Waals surface area contributed by atoms with E-state index in [0.29, 0.717) is 17.5 Å². The molecule has 0 unspecified atom stereocenters. The minimum Gasteiger partial charge on any atom is -0.456 e. The molecule has 50 heavy (non-hydrogen) atoms. The largest absolute Gasteiger partial charge is 0.456 e. The van der Waals surface area contributed by atoms with Gasteiger partial charge in [0.05, 0.1) is 0 Å². The van der Waals surface area contributed by atoms with E-state index in [2.05, 4.69) is 103 Å². The Bertz CT molecular complexity index is 2870. The number of para-hydroxylation sites is 2. The third kappa shape index (κ3) is 4.75. The molecule has 10 aromatic rings. The Morgan fingerprint density at radius 1 is 0.300 bits per heavy atom. The maximum Gasteiger partial charge on any atom is 0.164 e. The van der Waals surface area contributed by atoms with E-state index in [1.165, 1.54) is 0 Å². The highest BCUT2D eigenvalue weighted by Gasteiger charge is 2.17. The van der Waals surface area contributed by atoms with E-state index in [1.54, 1.807) is 0 Å². The molecule has 10 rings (SSSR count). The maximum atomic E-state index is 6.24. The van der Waals surface area contributed by atoms with Crippen LogP contribution in [-0.2, 0) is 0 Å². The molecule has 3 aromatic heterocycles. The summed E-state index contributed by atoms with van der Waals surface area (Å²) < 4.78 is 12.4. The molecule has 0 saturated carbocycles. The lowest BCUT2D eigenvalue weighted by molar-refractivity contribution is 0.668. The van der Waals surface area contributed by atoms with Crippen LogP contribution in [0, 0.1) is 0 Å². The van der Waals surface area contributed by atoms with Gasteiger partial charge in [-0.05, 0) is 58.7 Å². The lowest BCUT2D eigenvalue weighted by atomic mass is 9.98. The van der Waals surface area contributed by atoms with Gasteiger partial charge in [-0.1, -0.05) is 127 Å². The van der Waals surface area contributed by atoms with Gasteiger partial charge in [0.15, 0.2) is 17.5 Å². The number of fused-ring (bicyclic) bond motifs is 6. The summed E-state index contributed by atoms with van der Waals surface area (Å²) in [5.74, 6) is 1.77. The average molecular weight is 642 g/mol. The van der Waals surface area contributed by atoms with Crippen molar-refractivity contribution < 1.29 is 8.83 Å². The van der Waals surface area contributed by atoms with Crippen LogP contribution in [0.5, 0.6) is 0 Å². The van der Waals surface area contributed by atoms with Crippen LogP contribution < -0.4 is 0 Å². The van der Waals surface area contributed by atoms with E-state index >= 15 is 0 Å². The van der Waals surface area contributed by atoms with Crippen molar-refractivity contribution in [2.75, 3.05) is 0 Å². The van der Waals surface area contributed by atoms with Crippen LogP contribution in [0.2, 0.25) is 0 Å². The van der Waals surface area contributed by atoms with Gasteiger partial charge in [0.25, 0.3) is 0 Å². The molecule has 0 radical (unpaired) electrons. The Labute approximate surface area is 287 Å². The van der Waals surface area contributed by atoms with Crippen molar-refractivity contribution in [2.24, 2.45) is 0 Å². The summed E-state index contributed by atoms with van der Waals surface area (Å²) in [5, 5.41) is 4.33. The number of aromatic nitrogens is 3. The standard InChI is InChI=1S/C45H27N3O2/c1-2-10-28(11-3-1)29-20-22-30(23-21-29)43-46-44(48-45(47-43)33-24-25-36-35-14-4-6-17-38(35)50-41(36)27-33)32-13-8-12-31(26-32)34-16-9-19-40-42(34)37-15-5-7-18-39(37)49-40/h1-27H. The number of furan rings is 2. The Hall–Kier alpha value is -6.85. The third-order valence-corrected chi connectivity index (χ3v) is 9.36. The molecule has 3 heterocycles. The molecule has 0 saturated heterocycles. The molecule has 0 bridgehead atoms. The first kappa shape index (κ1) is 28.2. The lowest BCUT2D eigenvalue weighted by Gasteiger charge is -2.11. The minimum atomic E-state index is 0.577. The van der Waals surface area contributed by atoms with Crippen molar-refractivity contribution >= 4 is 43.9 Å². The fourth-order valence-corrected chi connectivity index (χ4v) is 6.91. The average Bonchev–Trinajstić information content (AvgIpc) is 3.76. The van der Waals surface area contributed by atoms with Crippen molar-refractivity contribution in [3.8, 4) is 56.4 Å². The smallest absolute Gasteiger partial charge is 0.164 e. The molecule has 234 valence electrons. The summed E-state index contributed by atoms with van der Waals surface area (Å²) in [6.07, 6.45) is 0. The molecule has 0 N–H and O–H groups in total. The van der Waals surface area contributed by atoms with Crippen molar-refractivity contribution in [2.45, 2.75) is 0 Å². The van der Waals surface area contributed by atoms with Crippen LogP contribution in [0.15, 0.2) is 173 Å². The maximum absolute atomic E-state index is 6.24. The Morgan fingerprint density at radius 2 is 0.800 bits per heavy atom. The van der Waals surface area contributed by atoms with Crippen LogP contribution in [0.4, 0.5) is 0 Å². The van der Waals surface area contributed by atoms with Crippen molar-refractivity contribution in [1.82, 2.24) is 15.0 Å². The van der Waals surface area contributed by atoms with E-state index in [0.717, 1.165) is 82.8 Å². The van der Waals surface area contributed by atoms with Gasteiger partial charge in [-0.15, -0.1) is 0 Å². The predicted molar refractivity (Wildman–Crippen MR) is 202 cm³/mol. The van der Waals surface area contributed by atoms with E-state index in [1.807, 2.05) is 60.7 Å². The second-order valence-corrected chi connectivity index (χ2v) is 12.4. The number of hydrogen-bond donors (Lipinski definition) is 0. The van der Waals surface area contributed by atoms with Crippen LogP contribution in [-0.4, -0.2) is 15.0 Å². The van der Waals surface area contributed by atoms with Gasteiger partial charge in [-0.2, -0.15) is 0 Å². The normalized spacial score (nSPS) is 11.6. The summed E-state index contributed by atoms with van der Waals surface area (Å²) in [6.45, 7) is 0. The van der Waals surface area contributed by atoms with Gasteiger partial charge in [0.2, 0.25) is 0 Å². The molecule has 0 aliphatic rings. The third-order valence-electron chi connectivity index (χ3n) is 9.36. The van der Waals surface area contributed by atoms with Gasteiger partial charge < -0.3 is 8.83 Å². The lowest BCUT2D eigenvalue weighted by Crippen LogP contribution is -2.00. The zero-order chi connectivity index (χ0) is 33.0. The van der Waals surface area contributed by atoms with Crippen LogP contribution in [0.3, 0.4) is 0 Å². The molecule has 0 aliphatic heterocycles. The SMILES string of the molecule is c1ccc(-c2ccc(-c3nc(-c4cccc(-c5cccc6oc7ccccc7c56)c4)nc(-c4ccc5c(c4)oc4ccccc45)n3)cc2)cc1. The van der Waals surface area contributed by atoms with E-state index in [9.17, 15) is 0 Å². The number of nitrogens with zero attached hydrogens (tertiary/aromatic N) is 3. The van der Waals surface area contributed by atoms with Gasteiger partial charge in [-0.3, -0.25) is 0 Å². The quantitative estimate of drug-likeness (QED) is 0.187. The highest BCUT2D eigenvalue weighted by Crippen LogP contribution is 2.38. The summed E-state index contributed by atoms with van der Waals surface area (Å²) in [6, 6.07) is 55.8. The fourth-order valence-electron chi connectivity index (χ4n) is 6.91. The van der Waals surface area contributed by atoms with Gasteiger partial charge in [0, 0.05) is 38.2 Å². The summed E-state index contributed by atoms with van der Waals surface area (Å²) in [5.41, 5.74) is 10.5. The predicted octanol–water partition coefficient (Wildman–Crippen LogP) is 12.0. The zero-order valence-electron chi connectivity index (χ0n) is 26.7. The first-order valence-electron chi connectivity index (χ1n) is 16.6. The summed E-state index contributed by atoms with van der Waals surface area (Å²) >= 11 is 0. The fraction of sp³-hybridized carbons (Fsp3) is 0. The molecular weight excluding hydrogens is 615 g/mol. The summed E-state index contributed by atoms with van der Waals surface area (Å²) in [4.78, 5) is 15.2. The zero-order valence-corrected chi connectivity index (χ0v) is 26.7. The van der Waals surface area contributed by atoms with Gasteiger partial charge >= 0.3 is 0 Å². The molecule has 0 fully saturated rings. The first-order chi connectivity index (χ1) is 24.7. The number of rotatable bonds is 5. The molecule has 0 aliphatic carbocycles. The van der Waals surface area contributed by atoms with E-state index in [4.69, 9.17) is 23.8 Å². The minimum absolute atomic E-state index is 0.577. The Kier molecular flexibility index (Phi) is 6.42. The monoisotopic (exact) mass is 641 g/mol. The highest BCUT2D eigenvalue weighted by molar-refractivity contribution is 6.12. The molecule has 7 aromatic carbocycles. The van der Waals surface area contributed by atoms with E-state index in [-0.39, 0.29) is 0 Å². The van der Waals surface area contributed by atoms with Crippen molar-refractivity contribution in [3.05, 3.63) is 164 Å². The topological polar surface area (TPSA) is 65.0 Å².